The molecule has 0 amide bonds. The van der Waals surface area contributed by atoms with Gasteiger partial charge in [0.15, 0.2) is 0 Å². The molecule has 3 heteroatoms. The normalized spacial score (nSPS) is 38.8. The number of aliphatic hydroxyl groups is 1. The molecule has 0 aromatic carbocycles. The Morgan fingerprint density at radius 2 is 2.25 bits per heavy atom. The first-order chi connectivity index (χ1) is 7.67. The lowest BCUT2D eigenvalue weighted by Gasteiger charge is -2.40. The Morgan fingerprint density at radius 1 is 1.44 bits per heavy atom. The van der Waals surface area contributed by atoms with Crippen LogP contribution in [0.2, 0.25) is 0 Å². The molecule has 2 aliphatic heterocycles. The van der Waals surface area contributed by atoms with E-state index in [1.54, 1.807) is 0 Å². The summed E-state index contributed by atoms with van der Waals surface area (Å²) in [5.74, 6) is 0.785. The van der Waals surface area contributed by atoms with E-state index in [0.717, 1.165) is 45.5 Å². The highest BCUT2D eigenvalue weighted by Gasteiger charge is 2.43. The van der Waals surface area contributed by atoms with Crippen LogP contribution in [-0.2, 0) is 9.47 Å². The molecule has 1 N–H and O–H groups in total. The zero-order valence-corrected chi connectivity index (χ0v) is 10.4. The SMILES string of the molecule is CCC(C)C(O)C1CCOC2(CCOC2)C1. The third-order valence-electron chi connectivity index (χ3n) is 4.31. The topological polar surface area (TPSA) is 38.7 Å². The highest BCUT2D eigenvalue weighted by atomic mass is 16.6. The number of hydrogen-bond donors (Lipinski definition) is 1. The van der Waals surface area contributed by atoms with Gasteiger partial charge < -0.3 is 14.6 Å². The molecule has 4 atom stereocenters. The summed E-state index contributed by atoms with van der Waals surface area (Å²) < 4.78 is 11.3. The van der Waals surface area contributed by atoms with E-state index < -0.39 is 0 Å². The lowest BCUT2D eigenvalue weighted by Crippen LogP contribution is -2.44. The lowest BCUT2D eigenvalue weighted by atomic mass is 9.78. The van der Waals surface area contributed by atoms with E-state index in [-0.39, 0.29) is 11.7 Å². The Hall–Kier alpha value is -0.120. The van der Waals surface area contributed by atoms with Crippen LogP contribution in [0.4, 0.5) is 0 Å². The van der Waals surface area contributed by atoms with E-state index in [9.17, 15) is 5.11 Å². The summed E-state index contributed by atoms with van der Waals surface area (Å²) in [7, 11) is 0. The quantitative estimate of drug-likeness (QED) is 0.802. The van der Waals surface area contributed by atoms with Crippen LogP contribution in [0, 0.1) is 11.8 Å². The summed E-state index contributed by atoms with van der Waals surface area (Å²) in [6.45, 7) is 6.59. The highest BCUT2D eigenvalue weighted by molar-refractivity contribution is 4.92. The molecule has 2 saturated heterocycles. The average molecular weight is 228 g/mol. The number of aliphatic hydroxyl groups excluding tert-OH is 1. The number of ether oxygens (including phenoxy) is 2. The van der Waals surface area contributed by atoms with E-state index >= 15 is 0 Å². The van der Waals surface area contributed by atoms with Gasteiger partial charge in [-0.25, -0.2) is 0 Å². The average Bonchev–Trinajstić information content (AvgIpc) is 2.75. The Bertz CT molecular complexity index is 223. The molecule has 0 aliphatic carbocycles. The van der Waals surface area contributed by atoms with Crippen molar-refractivity contribution in [3.05, 3.63) is 0 Å². The van der Waals surface area contributed by atoms with Crippen LogP contribution in [0.1, 0.15) is 39.5 Å². The van der Waals surface area contributed by atoms with Crippen LogP contribution in [0.5, 0.6) is 0 Å². The second-order valence-corrected chi connectivity index (χ2v) is 5.46. The van der Waals surface area contributed by atoms with Gasteiger partial charge in [0.2, 0.25) is 0 Å². The van der Waals surface area contributed by atoms with Crippen molar-refractivity contribution in [3.8, 4) is 0 Å². The summed E-state index contributed by atoms with van der Waals surface area (Å²) in [6, 6.07) is 0. The van der Waals surface area contributed by atoms with Crippen LogP contribution < -0.4 is 0 Å². The van der Waals surface area contributed by atoms with Gasteiger partial charge in [-0.2, -0.15) is 0 Å². The Balaban J connectivity index is 1.95. The van der Waals surface area contributed by atoms with Gasteiger partial charge in [-0.1, -0.05) is 20.3 Å². The molecular weight excluding hydrogens is 204 g/mol. The van der Waals surface area contributed by atoms with E-state index in [2.05, 4.69) is 13.8 Å². The maximum Gasteiger partial charge on any atom is 0.0940 e. The van der Waals surface area contributed by atoms with Gasteiger partial charge in [0.1, 0.15) is 0 Å². The van der Waals surface area contributed by atoms with Gasteiger partial charge in [0.25, 0.3) is 0 Å². The minimum absolute atomic E-state index is 0.0721. The van der Waals surface area contributed by atoms with Gasteiger partial charge in [0.05, 0.1) is 18.3 Å². The van der Waals surface area contributed by atoms with Crippen LogP contribution in [0.3, 0.4) is 0 Å². The molecule has 94 valence electrons. The Labute approximate surface area is 98.1 Å². The van der Waals surface area contributed by atoms with Gasteiger partial charge in [-0.05, 0) is 24.7 Å². The first-order valence-corrected chi connectivity index (χ1v) is 6.56. The summed E-state index contributed by atoms with van der Waals surface area (Å²) >= 11 is 0. The van der Waals surface area contributed by atoms with Crippen LogP contribution in [0.15, 0.2) is 0 Å². The molecular formula is C13H24O3. The fourth-order valence-corrected chi connectivity index (χ4v) is 2.93. The Morgan fingerprint density at radius 3 is 2.88 bits per heavy atom. The predicted octanol–water partition coefficient (Wildman–Crippen LogP) is 1.98. The third kappa shape index (κ3) is 2.41. The van der Waals surface area contributed by atoms with Crippen LogP contribution >= 0.6 is 0 Å². The Kier molecular flexibility index (Phi) is 3.88. The number of hydrogen-bond acceptors (Lipinski definition) is 3. The lowest BCUT2D eigenvalue weighted by molar-refractivity contribution is -0.122. The first-order valence-electron chi connectivity index (χ1n) is 6.56. The summed E-state index contributed by atoms with van der Waals surface area (Å²) in [6.07, 6.45) is 3.83. The van der Waals surface area contributed by atoms with Crippen molar-refractivity contribution >= 4 is 0 Å². The van der Waals surface area contributed by atoms with Crippen molar-refractivity contribution in [2.45, 2.75) is 51.2 Å². The monoisotopic (exact) mass is 228 g/mol. The summed E-state index contributed by atoms with van der Waals surface area (Å²) in [5.41, 5.74) is -0.0721. The van der Waals surface area contributed by atoms with E-state index in [0.29, 0.717) is 11.8 Å². The molecule has 0 saturated carbocycles. The van der Waals surface area contributed by atoms with Crippen LogP contribution in [-0.4, -0.2) is 36.6 Å². The maximum absolute atomic E-state index is 10.3. The summed E-state index contributed by atoms with van der Waals surface area (Å²) in [4.78, 5) is 0. The van der Waals surface area contributed by atoms with Gasteiger partial charge >= 0.3 is 0 Å². The van der Waals surface area contributed by atoms with Gasteiger partial charge in [0, 0.05) is 19.6 Å². The highest BCUT2D eigenvalue weighted by Crippen LogP contribution is 2.38. The van der Waals surface area contributed by atoms with Crippen molar-refractivity contribution in [2.24, 2.45) is 11.8 Å². The number of rotatable bonds is 3. The molecule has 2 fully saturated rings. The fourth-order valence-electron chi connectivity index (χ4n) is 2.93. The van der Waals surface area contributed by atoms with E-state index in [1.807, 2.05) is 0 Å². The van der Waals surface area contributed by atoms with Gasteiger partial charge in [-0.15, -0.1) is 0 Å². The largest absolute Gasteiger partial charge is 0.393 e. The molecule has 1 spiro atoms. The van der Waals surface area contributed by atoms with Crippen molar-refractivity contribution in [2.75, 3.05) is 19.8 Å². The van der Waals surface area contributed by atoms with Gasteiger partial charge in [-0.3, -0.25) is 0 Å². The molecule has 0 aromatic heterocycles. The van der Waals surface area contributed by atoms with Crippen molar-refractivity contribution in [1.29, 1.82) is 0 Å². The van der Waals surface area contributed by atoms with E-state index in [1.165, 1.54) is 0 Å². The zero-order chi connectivity index (χ0) is 11.6. The zero-order valence-electron chi connectivity index (χ0n) is 10.4. The molecule has 0 aromatic rings. The second-order valence-electron chi connectivity index (χ2n) is 5.46. The molecule has 16 heavy (non-hydrogen) atoms. The second kappa shape index (κ2) is 5.03. The molecule has 0 bridgehead atoms. The predicted molar refractivity (Wildman–Crippen MR) is 62.3 cm³/mol. The van der Waals surface area contributed by atoms with Crippen molar-refractivity contribution < 1.29 is 14.6 Å². The minimum atomic E-state index is -0.175. The molecule has 4 unspecified atom stereocenters. The molecule has 2 heterocycles. The first kappa shape index (κ1) is 12.3. The smallest absolute Gasteiger partial charge is 0.0940 e. The van der Waals surface area contributed by atoms with E-state index in [4.69, 9.17) is 9.47 Å². The standard InChI is InChI=1S/C13H24O3/c1-3-10(2)12(14)11-4-6-16-13(8-11)5-7-15-9-13/h10-12,14H,3-9H2,1-2H3. The van der Waals surface area contributed by atoms with Crippen LogP contribution in [0.25, 0.3) is 0 Å². The molecule has 0 radical (unpaired) electrons. The third-order valence-corrected chi connectivity index (χ3v) is 4.31. The molecule has 2 aliphatic rings. The minimum Gasteiger partial charge on any atom is -0.393 e. The molecule has 2 rings (SSSR count). The van der Waals surface area contributed by atoms with Crippen molar-refractivity contribution in [3.63, 3.8) is 0 Å². The maximum atomic E-state index is 10.3. The summed E-state index contributed by atoms with van der Waals surface area (Å²) in [5, 5.41) is 10.3. The van der Waals surface area contributed by atoms with Crippen molar-refractivity contribution in [1.82, 2.24) is 0 Å². The molecule has 3 nitrogen and oxygen atoms in total. The fraction of sp³-hybridized carbons (Fsp3) is 1.00.